The van der Waals surface area contributed by atoms with Crippen LogP contribution in [0.15, 0.2) is 15.5 Å². The topological polar surface area (TPSA) is 74.0 Å². The Morgan fingerprint density at radius 2 is 0.917 bits per heavy atom. The molecule has 0 aromatic carbocycles. The molecule has 0 spiro atoms. The van der Waals surface area contributed by atoms with Gasteiger partial charge in [0.25, 0.3) is 0 Å². The molecule has 0 aliphatic carbocycles. The first-order valence-corrected chi connectivity index (χ1v) is 9.09. The maximum atomic E-state index is 5.40. The lowest BCUT2D eigenvalue weighted by molar-refractivity contribution is -0.474. The van der Waals surface area contributed by atoms with E-state index in [2.05, 4.69) is 15.5 Å². The summed E-state index contributed by atoms with van der Waals surface area (Å²) >= 11 is 0. The molecule has 24 heavy (non-hydrogen) atoms. The highest BCUT2D eigenvalue weighted by molar-refractivity contribution is 5.98. The van der Waals surface area contributed by atoms with Crippen LogP contribution in [0.1, 0.15) is 62.3 Å². The lowest BCUT2D eigenvalue weighted by Crippen LogP contribution is -2.38. The molecular formula is C16H33N3O4Si. The van der Waals surface area contributed by atoms with Gasteiger partial charge >= 0.3 is 6.16 Å². The summed E-state index contributed by atoms with van der Waals surface area (Å²) in [4.78, 5) is 16.2. The molecule has 0 amide bonds. The van der Waals surface area contributed by atoms with Crippen molar-refractivity contribution in [2.24, 2.45) is 33.2 Å². The lowest BCUT2D eigenvalue weighted by Gasteiger charge is -2.24. The predicted molar refractivity (Wildman–Crippen MR) is 101 cm³/mol. The Kier molecular flexibility index (Phi) is 9.84. The summed E-state index contributed by atoms with van der Waals surface area (Å²) in [7, 11) is 0.282. The Morgan fingerprint density at radius 3 is 1.08 bits per heavy atom. The second kappa shape index (κ2) is 10.5. The van der Waals surface area contributed by atoms with Crippen LogP contribution in [0.4, 0.5) is 0 Å². The fraction of sp³-hybridized carbons (Fsp3) is 0.812. The third-order valence-electron chi connectivity index (χ3n) is 3.66. The molecule has 0 bridgehead atoms. The van der Waals surface area contributed by atoms with Gasteiger partial charge in [-0.2, -0.15) is 0 Å². The molecule has 0 aliphatic heterocycles. The Morgan fingerprint density at radius 1 is 0.667 bits per heavy atom. The highest BCUT2D eigenvalue weighted by atomic mass is 28.2. The van der Waals surface area contributed by atoms with Crippen LogP contribution >= 0.6 is 0 Å². The molecule has 0 unspecified atom stereocenters. The van der Waals surface area contributed by atoms with E-state index in [1.165, 1.54) is 0 Å². The van der Waals surface area contributed by atoms with E-state index in [0.717, 1.165) is 17.1 Å². The van der Waals surface area contributed by atoms with Crippen LogP contribution in [0.3, 0.4) is 0 Å². The smallest absolute Gasteiger partial charge is 0.321 e. The third kappa shape index (κ3) is 7.92. The zero-order valence-electron chi connectivity index (χ0n) is 16.7. The van der Waals surface area contributed by atoms with E-state index in [4.69, 9.17) is 18.9 Å². The molecule has 0 atom stereocenters. The van der Waals surface area contributed by atoms with E-state index < -0.39 is 6.16 Å². The highest BCUT2D eigenvalue weighted by Crippen LogP contribution is 2.20. The van der Waals surface area contributed by atoms with Gasteiger partial charge in [0.1, 0.15) is 0 Å². The van der Waals surface area contributed by atoms with Gasteiger partial charge in [-0.05, 0) is 38.5 Å². The van der Waals surface area contributed by atoms with E-state index in [-0.39, 0.29) is 28.2 Å². The quantitative estimate of drug-likeness (QED) is 0.260. The summed E-state index contributed by atoms with van der Waals surface area (Å²) in [6, 6.07) is 0. The van der Waals surface area contributed by atoms with Crippen molar-refractivity contribution in [1.29, 1.82) is 0 Å². The number of hydrogen-bond acceptors (Lipinski definition) is 7. The van der Waals surface area contributed by atoms with E-state index in [0.29, 0.717) is 0 Å². The Hall–Kier alpha value is -1.41. The molecule has 0 saturated carbocycles. The monoisotopic (exact) mass is 359 g/mol. The minimum Gasteiger partial charge on any atom is -0.321 e. The number of nitrogens with zero attached hydrogens (tertiary/aromatic N) is 3. The molecule has 7 nitrogen and oxygen atoms in total. The van der Waals surface area contributed by atoms with Gasteiger partial charge in [-0.15, -0.1) is 0 Å². The van der Waals surface area contributed by atoms with Gasteiger partial charge in [-0.25, -0.2) is 0 Å². The van der Waals surface area contributed by atoms with Gasteiger partial charge in [0, 0.05) is 0 Å². The first-order chi connectivity index (χ1) is 11.0. The van der Waals surface area contributed by atoms with Gasteiger partial charge < -0.3 is 4.43 Å². The van der Waals surface area contributed by atoms with Crippen molar-refractivity contribution < 1.29 is 18.9 Å². The molecule has 0 aromatic rings. The van der Waals surface area contributed by atoms with Crippen LogP contribution in [0.2, 0.25) is 0 Å². The third-order valence-corrected chi connectivity index (χ3v) is 4.16. The van der Waals surface area contributed by atoms with Gasteiger partial charge in [-0.1, -0.05) is 57.0 Å². The summed E-state index contributed by atoms with van der Waals surface area (Å²) in [6.45, 7) is 17.6. The van der Waals surface area contributed by atoms with Crippen LogP contribution in [0.5, 0.6) is 0 Å². The van der Waals surface area contributed by atoms with Crippen LogP contribution in [0, 0.1) is 17.8 Å². The fourth-order valence-electron chi connectivity index (χ4n) is 0.862. The first kappa shape index (κ1) is 22.6. The predicted octanol–water partition coefficient (Wildman–Crippen LogP) is 3.04. The molecule has 140 valence electrons. The van der Waals surface area contributed by atoms with Gasteiger partial charge in [0.2, 0.25) is 0 Å². The normalized spacial score (nSPS) is 16.8. The summed E-state index contributed by atoms with van der Waals surface area (Å²) < 4.78 is 5.38. The van der Waals surface area contributed by atoms with Crippen molar-refractivity contribution in [3.05, 3.63) is 0 Å². The number of hydrogen-bond donors (Lipinski definition) is 0. The van der Waals surface area contributed by atoms with E-state index in [1.54, 1.807) is 0 Å². The van der Waals surface area contributed by atoms with E-state index in [1.807, 2.05) is 62.3 Å². The second-order valence-electron chi connectivity index (χ2n) is 6.64. The summed E-state index contributed by atoms with van der Waals surface area (Å²) in [5.74, 6) is 0.663. The molecule has 0 rings (SSSR count). The Bertz CT molecular complexity index is 409. The molecule has 0 fully saturated rings. The van der Waals surface area contributed by atoms with Crippen LogP contribution < -0.4 is 0 Å². The van der Waals surface area contributed by atoms with Crippen molar-refractivity contribution in [3.8, 4) is 0 Å². The van der Waals surface area contributed by atoms with Crippen LogP contribution in [-0.4, -0.2) is 33.8 Å². The molecule has 0 radical (unpaired) electrons. The average Bonchev–Trinajstić information content (AvgIpc) is 2.53. The van der Waals surface area contributed by atoms with E-state index in [9.17, 15) is 0 Å². The summed E-state index contributed by atoms with van der Waals surface area (Å²) in [6.07, 6.45) is -1.91. The molecule has 0 aliphatic rings. The molecule has 0 saturated heterocycles. The van der Waals surface area contributed by atoms with Gasteiger partial charge in [-0.3, -0.25) is 14.5 Å². The largest absolute Gasteiger partial charge is 0.609 e. The zero-order chi connectivity index (χ0) is 18.9. The number of rotatable bonds is 10. The van der Waals surface area contributed by atoms with Crippen molar-refractivity contribution in [2.75, 3.05) is 0 Å². The highest BCUT2D eigenvalue weighted by Gasteiger charge is 2.41. The average molecular weight is 360 g/mol. The van der Waals surface area contributed by atoms with Crippen molar-refractivity contribution in [1.82, 2.24) is 0 Å². The Balaban J connectivity index is 5.46. The zero-order valence-corrected chi connectivity index (χ0v) is 18.7. The molecule has 8 heteroatoms. The maximum Gasteiger partial charge on any atom is 0.609 e. The van der Waals surface area contributed by atoms with Gasteiger partial charge in [0.05, 0.1) is 17.1 Å². The Labute approximate surface area is 149 Å². The van der Waals surface area contributed by atoms with E-state index >= 15 is 0 Å². The molecule has 0 N–H and O–H groups in total. The van der Waals surface area contributed by atoms with Gasteiger partial charge in [0.15, 0.2) is 10.5 Å². The minimum absolute atomic E-state index is 0.221. The molecule has 0 heterocycles. The van der Waals surface area contributed by atoms with Crippen LogP contribution in [0.25, 0.3) is 0 Å². The number of oxime groups is 3. The van der Waals surface area contributed by atoms with Crippen LogP contribution in [-0.2, 0) is 18.9 Å². The maximum absolute atomic E-state index is 5.40. The second-order valence-corrected chi connectivity index (χ2v) is 7.05. The van der Waals surface area contributed by atoms with Crippen molar-refractivity contribution in [2.45, 2.75) is 68.5 Å². The lowest BCUT2D eigenvalue weighted by atomic mass is 10.1. The summed E-state index contributed by atoms with van der Waals surface area (Å²) in [5.41, 5.74) is 2.33. The fourth-order valence-corrected chi connectivity index (χ4v) is 1.09. The molecular weight excluding hydrogens is 326 g/mol. The standard InChI is InChI=1S/C16H33N3O4Si/c1-10(2)13(7)17-20-16(23-24,21-18-14(8)11(3)4)22-19-15(9)12(5)6/h10-12H,1-9,24H3. The minimum atomic E-state index is -1.91. The first-order valence-electron chi connectivity index (χ1n) is 8.27. The summed E-state index contributed by atoms with van der Waals surface area (Å²) in [5, 5.41) is 12.1. The van der Waals surface area contributed by atoms with Crippen molar-refractivity contribution >= 4 is 27.6 Å². The SMILES string of the molecule is CC(=NOC(O[SiH3])(ON=C(C)C(C)C)ON=C(C)C(C)C)C(C)C. The van der Waals surface area contributed by atoms with Crippen molar-refractivity contribution in [3.63, 3.8) is 0 Å². The molecule has 0 aromatic heterocycles.